The minimum atomic E-state index is 0. The summed E-state index contributed by atoms with van der Waals surface area (Å²) in [4.78, 5) is 6.50. The molecule has 1 heterocycles. The Labute approximate surface area is 102 Å². The van der Waals surface area contributed by atoms with Crippen LogP contribution in [0.25, 0.3) is 0 Å². The van der Waals surface area contributed by atoms with Crippen molar-refractivity contribution in [2.45, 2.75) is 38.3 Å². The predicted molar refractivity (Wildman–Crippen MR) is 63.5 cm³/mol. The van der Waals surface area contributed by atoms with E-state index in [-0.39, 0.29) is 12.4 Å². The van der Waals surface area contributed by atoms with Gasteiger partial charge in [0.1, 0.15) is 0 Å². The van der Waals surface area contributed by atoms with Crippen LogP contribution in [0.3, 0.4) is 0 Å². The van der Waals surface area contributed by atoms with E-state index in [1.165, 1.54) is 12.8 Å². The van der Waals surface area contributed by atoms with Crippen LogP contribution in [0.15, 0.2) is 4.52 Å². The van der Waals surface area contributed by atoms with Gasteiger partial charge in [0.15, 0.2) is 5.82 Å². The van der Waals surface area contributed by atoms with Crippen LogP contribution >= 0.6 is 12.4 Å². The molecule has 0 spiro atoms. The van der Waals surface area contributed by atoms with E-state index in [9.17, 15) is 0 Å². The monoisotopic (exact) mass is 246 g/mol. The fraction of sp³-hybridized carbons (Fsp3) is 0.800. The van der Waals surface area contributed by atoms with E-state index in [0.717, 1.165) is 11.7 Å². The van der Waals surface area contributed by atoms with Crippen molar-refractivity contribution in [3.05, 3.63) is 11.7 Å². The largest absolute Gasteiger partial charge is 0.339 e. The quantitative estimate of drug-likeness (QED) is 0.844. The van der Waals surface area contributed by atoms with Crippen LogP contribution in [-0.2, 0) is 6.54 Å². The molecule has 0 aliphatic heterocycles. The maximum Gasteiger partial charge on any atom is 0.229 e. The molecule has 1 aliphatic rings. The SMILES string of the molecule is CC(CN)N(C)Cc1noc(C2CC2)n1.Cl. The van der Waals surface area contributed by atoms with Crippen LogP contribution in [-0.4, -0.2) is 34.7 Å². The first kappa shape index (κ1) is 13.4. The van der Waals surface area contributed by atoms with Crippen LogP contribution in [0.1, 0.15) is 37.4 Å². The minimum absolute atomic E-state index is 0. The van der Waals surface area contributed by atoms with Gasteiger partial charge >= 0.3 is 0 Å². The van der Waals surface area contributed by atoms with E-state index in [4.69, 9.17) is 10.3 Å². The van der Waals surface area contributed by atoms with Crippen molar-refractivity contribution < 1.29 is 4.52 Å². The van der Waals surface area contributed by atoms with Crippen LogP contribution in [0.2, 0.25) is 0 Å². The third kappa shape index (κ3) is 3.17. The number of halogens is 1. The first-order valence-corrected chi connectivity index (χ1v) is 5.43. The van der Waals surface area contributed by atoms with Crippen LogP contribution in [0.4, 0.5) is 0 Å². The molecular formula is C10H19ClN4O. The van der Waals surface area contributed by atoms with E-state index in [0.29, 0.717) is 25.0 Å². The number of nitrogens with zero attached hydrogens (tertiary/aromatic N) is 3. The number of rotatable bonds is 5. The summed E-state index contributed by atoms with van der Waals surface area (Å²) < 4.78 is 5.18. The second-order valence-corrected chi connectivity index (χ2v) is 4.32. The van der Waals surface area contributed by atoms with Crippen LogP contribution in [0, 0.1) is 0 Å². The molecule has 1 fully saturated rings. The van der Waals surface area contributed by atoms with Crippen LogP contribution < -0.4 is 5.73 Å². The lowest BCUT2D eigenvalue weighted by Gasteiger charge is -2.21. The number of likely N-dealkylation sites (N-methyl/N-ethyl adjacent to an activating group) is 1. The Balaban J connectivity index is 0.00000128. The standard InChI is InChI=1S/C10H18N4O.ClH/c1-7(5-11)14(2)6-9-12-10(15-13-9)8-3-4-8;/h7-8H,3-6,11H2,1-2H3;1H. The Morgan fingerprint density at radius 1 is 1.56 bits per heavy atom. The van der Waals surface area contributed by atoms with E-state index in [2.05, 4.69) is 22.0 Å². The number of hydrogen-bond donors (Lipinski definition) is 1. The summed E-state index contributed by atoms with van der Waals surface area (Å²) in [5.74, 6) is 2.10. The minimum Gasteiger partial charge on any atom is -0.339 e. The lowest BCUT2D eigenvalue weighted by molar-refractivity contribution is 0.244. The smallest absolute Gasteiger partial charge is 0.229 e. The van der Waals surface area contributed by atoms with Crippen molar-refractivity contribution in [1.29, 1.82) is 0 Å². The molecule has 0 amide bonds. The number of nitrogens with two attached hydrogens (primary N) is 1. The highest BCUT2D eigenvalue weighted by Gasteiger charge is 2.29. The van der Waals surface area contributed by atoms with Gasteiger partial charge in [-0.05, 0) is 26.8 Å². The fourth-order valence-corrected chi connectivity index (χ4v) is 1.39. The second kappa shape index (κ2) is 5.61. The molecule has 0 aromatic carbocycles. The molecule has 1 unspecified atom stereocenters. The Hall–Kier alpha value is -0.650. The van der Waals surface area contributed by atoms with Crippen molar-refractivity contribution >= 4 is 12.4 Å². The van der Waals surface area contributed by atoms with E-state index in [1.807, 2.05) is 7.05 Å². The van der Waals surface area contributed by atoms with Crippen molar-refractivity contribution in [2.75, 3.05) is 13.6 Å². The molecule has 6 heteroatoms. The number of aromatic nitrogens is 2. The molecule has 5 nitrogen and oxygen atoms in total. The Morgan fingerprint density at radius 3 is 2.81 bits per heavy atom. The van der Waals surface area contributed by atoms with E-state index >= 15 is 0 Å². The zero-order valence-corrected chi connectivity index (χ0v) is 10.5. The molecule has 2 N–H and O–H groups in total. The lowest BCUT2D eigenvalue weighted by Crippen LogP contribution is -2.35. The molecule has 16 heavy (non-hydrogen) atoms. The first-order chi connectivity index (χ1) is 7.20. The maximum atomic E-state index is 5.58. The van der Waals surface area contributed by atoms with E-state index < -0.39 is 0 Å². The van der Waals surface area contributed by atoms with Gasteiger partial charge in [0.05, 0.1) is 6.54 Å². The van der Waals surface area contributed by atoms with Crippen LogP contribution in [0.5, 0.6) is 0 Å². The summed E-state index contributed by atoms with van der Waals surface area (Å²) in [5, 5.41) is 3.97. The van der Waals surface area contributed by atoms with E-state index in [1.54, 1.807) is 0 Å². The molecular weight excluding hydrogens is 228 g/mol. The highest BCUT2D eigenvalue weighted by atomic mass is 35.5. The topological polar surface area (TPSA) is 68.2 Å². The van der Waals surface area contributed by atoms with Crippen molar-refractivity contribution in [3.8, 4) is 0 Å². The average molecular weight is 247 g/mol. The average Bonchev–Trinajstić information content (AvgIpc) is 2.99. The zero-order chi connectivity index (χ0) is 10.8. The molecule has 1 aliphatic carbocycles. The summed E-state index contributed by atoms with van der Waals surface area (Å²) in [7, 11) is 2.02. The van der Waals surface area contributed by atoms with Gasteiger partial charge in [0, 0.05) is 18.5 Å². The Bertz CT molecular complexity index is 326. The van der Waals surface area contributed by atoms with Gasteiger partial charge in [0.25, 0.3) is 0 Å². The normalized spacial score (nSPS) is 17.2. The zero-order valence-electron chi connectivity index (χ0n) is 9.72. The Kier molecular flexibility index (Phi) is 4.70. The highest BCUT2D eigenvalue weighted by molar-refractivity contribution is 5.85. The van der Waals surface area contributed by atoms with Crippen molar-refractivity contribution in [1.82, 2.24) is 15.0 Å². The van der Waals surface area contributed by atoms with Gasteiger partial charge in [-0.2, -0.15) is 4.98 Å². The van der Waals surface area contributed by atoms with Gasteiger partial charge in [-0.15, -0.1) is 12.4 Å². The summed E-state index contributed by atoms with van der Waals surface area (Å²) in [6.45, 7) is 3.43. The summed E-state index contributed by atoms with van der Waals surface area (Å²) in [6, 6.07) is 0.341. The van der Waals surface area contributed by atoms with Gasteiger partial charge in [-0.25, -0.2) is 0 Å². The molecule has 0 bridgehead atoms. The summed E-state index contributed by atoms with van der Waals surface area (Å²) in [5.41, 5.74) is 5.58. The van der Waals surface area contributed by atoms with Gasteiger partial charge in [0.2, 0.25) is 5.89 Å². The van der Waals surface area contributed by atoms with Crippen molar-refractivity contribution in [2.24, 2.45) is 5.73 Å². The molecule has 1 aromatic heterocycles. The lowest BCUT2D eigenvalue weighted by atomic mass is 10.3. The summed E-state index contributed by atoms with van der Waals surface area (Å²) >= 11 is 0. The highest BCUT2D eigenvalue weighted by Crippen LogP contribution is 2.38. The third-order valence-electron chi connectivity index (χ3n) is 2.89. The first-order valence-electron chi connectivity index (χ1n) is 5.43. The molecule has 1 atom stereocenters. The fourth-order valence-electron chi connectivity index (χ4n) is 1.39. The molecule has 1 saturated carbocycles. The molecule has 92 valence electrons. The van der Waals surface area contributed by atoms with Crippen molar-refractivity contribution in [3.63, 3.8) is 0 Å². The summed E-state index contributed by atoms with van der Waals surface area (Å²) in [6.07, 6.45) is 2.38. The predicted octanol–water partition coefficient (Wildman–Crippen LogP) is 1.15. The third-order valence-corrected chi connectivity index (χ3v) is 2.89. The molecule has 2 rings (SSSR count). The van der Waals surface area contributed by atoms with Gasteiger partial charge in [-0.3, -0.25) is 4.90 Å². The molecule has 0 radical (unpaired) electrons. The molecule has 0 saturated heterocycles. The second-order valence-electron chi connectivity index (χ2n) is 4.32. The maximum absolute atomic E-state index is 5.58. The van der Waals surface area contributed by atoms with Gasteiger partial charge < -0.3 is 10.3 Å². The molecule has 1 aromatic rings. The Morgan fingerprint density at radius 2 is 2.25 bits per heavy atom. The number of hydrogen-bond acceptors (Lipinski definition) is 5. The van der Waals surface area contributed by atoms with Gasteiger partial charge in [-0.1, -0.05) is 5.16 Å².